The zero-order chi connectivity index (χ0) is 41.9. The molecule has 1 fully saturated rings. The summed E-state index contributed by atoms with van der Waals surface area (Å²) in [5.74, 6) is -22.8. The highest BCUT2D eigenvalue weighted by molar-refractivity contribution is 6.08. The summed E-state index contributed by atoms with van der Waals surface area (Å²) in [5, 5.41) is 145. The number of benzene rings is 4. The van der Waals surface area contributed by atoms with Gasteiger partial charge in [0.1, 0.15) is 24.4 Å². The van der Waals surface area contributed by atoms with Gasteiger partial charge in [-0.2, -0.15) is 0 Å². The van der Waals surface area contributed by atoms with Crippen LogP contribution in [0.5, 0.6) is 74.7 Å². The normalized spacial score (nSPS) is 20.4. The van der Waals surface area contributed by atoms with Gasteiger partial charge in [0.2, 0.25) is 23.0 Å². The van der Waals surface area contributed by atoms with Crippen LogP contribution < -0.4 is 4.74 Å². The Bertz CT molecular complexity index is 2360. The highest BCUT2D eigenvalue weighted by atomic mass is 16.7. The van der Waals surface area contributed by atoms with E-state index in [0.717, 1.165) is 0 Å². The van der Waals surface area contributed by atoms with Crippen LogP contribution in [0.4, 0.5) is 0 Å². The average molecular weight is 803 g/mol. The molecule has 23 nitrogen and oxygen atoms in total. The Kier molecular flexibility index (Phi) is 9.67. The molecule has 2 aliphatic heterocycles. The zero-order valence-electron chi connectivity index (χ0n) is 27.9. The second kappa shape index (κ2) is 14.1. The predicted molar refractivity (Wildman–Crippen MR) is 176 cm³/mol. The van der Waals surface area contributed by atoms with Crippen molar-refractivity contribution >= 4 is 23.9 Å². The number of phenols is 11. The van der Waals surface area contributed by atoms with E-state index in [1.54, 1.807) is 0 Å². The molecule has 0 unspecified atom stereocenters. The lowest BCUT2D eigenvalue weighted by Gasteiger charge is -2.41. The number of aromatic carboxylic acids is 1. The molecule has 0 aliphatic carbocycles. The largest absolute Gasteiger partial charge is 0.504 e. The fraction of sp³-hybridized carbons (Fsp3) is 0.176. The number of ether oxygens (including phenoxy) is 5. The molecule has 300 valence electrons. The molecule has 0 aromatic heterocycles. The average Bonchev–Trinajstić information content (AvgIpc) is 3.17. The first kappa shape index (κ1) is 38.9. The third-order valence-corrected chi connectivity index (χ3v) is 8.64. The maximum absolute atomic E-state index is 13.9. The van der Waals surface area contributed by atoms with Crippen molar-refractivity contribution in [1.29, 1.82) is 0 Å². The van der Waals surface area contributed by atoms with E-state index < -0.39 is 169 Å². The summed E-state index contributed by atoms with van der Waals surface area (Å²) >= 11 is 0. The van der Waals surface area contributed by atoms with Gasteiger partial charge >= 0.3 is 23.9 Å². The third-order valence-electron chi connectivity index (χ3n) is 8.64. The van der Waals surface area contributed by atoms with Gasteiger partial charge in [-0.05, 0) is 18.2 Å². The number of esters is 3. The number of aromatic hydroxyl groups is 11. The molecule has 23 heteroatoms. The van der Waals surface area contributed by atoms with Gasteiger partial charge in [-0.1, -0.05) is 0 Å². The Morgan fingerprint density at radius 3 is 1.81 bits per heavy atom. The van der Waals surface area contributed by atoms with Crippen molar-refractivity contribution in [2.75, 3.05) is 6.61 Å². The summed E-state index contributed by atoms with van der Waals surface area (Å²) in [5.41, 5.74) is -5.91. The number of fused-ring (bicyclic) bond motifs is 4. The van der Waals surface area contributed by atoms with Crippen molar-refractivity contribution < 1.29 is 114 Å². The summed E-state index contributed by atoms with van der Waals surface area (Å²) in [6.45, 7) is -1.11. The number of phenolic OH excluding ortho intramolecular Hbond substituents is 11. The van der Waals surface area contributed by atoms with E-state index in [0.29, 0.717) is 30.3 Å². The number of aliphatic hydroxyl groups is 2. The standard InChI is InChI=1S/C34H26O23/c35-11-1-7(2-12(36)19(11)39)31(49)57-29-26(46)34(52)55-16-6-53-32(50)9-5-15(54-27-10(30(47)48)4-14(38)21(41)25(27)45)22(42)24(44)18(9)17-8(33(51)56-28(16)29)3-13(37)20(40)23(17)43/h1-5,16,26,28-29,34-46,52H,6H2,(H,47,48)/t16-,26-,28-,29-,34-/m1/s1. The third kappa shape index (κ3) is 6.58. The number of carboxylic acids is 1. The Morgan fingerprint density at radius 1 is 0.649 bits per heavy atom. The minimum absolute atomic E-state index is 0.423. The molecule has 0 amide bonds. The predicted octanol–water partition coefficient (Wildman–Crippen LogP) is 0.605. The molecule has 57 heavy (non-hydrogen) atoms. The second-order valence-corrected chi connectivity index (χ2v) is 12.1. The second-order valence-electron chi connectivity index (χ2n) is 12.1. The number of carbonyl (C=O) groups excluding carboxylic acids is 3. The first-order chi connectivity index (χ1) is 26.7. The molecule has 5 atom stereocenters. The maximum Gasteiger partial charge on any atom is 0.339 e. The number of rotatable bonds is 5. The zero-order valence-corrected chi connectivity index (χ0v) is 27.9. The lowest BCUT2D eigenvalue weighted by molar-refractivity contribution is -0.285. The van der Waals surface area contributed by atoms with Crippen LogP contribution in [0.1, 0.15) is 41.4 Å². The smallest absolute Gasteiger partial charge is 0.339 e. The van der Waals surface area contributed by atoms with Crippen LogP contribution in [0, 0.1) is 0 Å². The summed E-state index contributed by atoms with van der Waals surface area (Å²) < 4.78 is 26.5. The van der Waals surface area contributed by atoms with E-state index in [-0.39, 0.29) is 0 Å². The summed E-state index contributed by atoms with van der Waals surface area (Å²) in [7, 11) is 0. The molecular weight excluding hydrogens is 776 g/mol. The number of carboxylic acid groups (broad SMARTS) is 1. The van der Waals surface area contributed by atoms with Crippen LogP contribution >= 0.6 is 0 Å². The van der Waals surface area contributed by atoms with Crippen LogP contribution in [-0.4, -0.2) is 133 Å². The summed E-state index contributed by atoms with van der Waals surface area (Å²) in [4.78, 5) is 52.8. The first-order valence-electron chi connectivity index (χ1n) is 15.6. The van der Waals surface area contributed by atoms with Crippen molar-refractivity contribution in [1.82, 2.24) is 0 Å². The van der Waals surface area contributed by atoms with Gasteiger partial charge in [-0.3, -0.25) is 0 Å². The maximum atomic E-state index is 13.9. The van der Waals surface area contributed by atoms with Gasteiger partial charge in [0.25, 0.3) is 0 Å². The number of cyclic esters (lactones) is 1. The van der Waals surface area contributed by atoms with E-state index in [1.165, 1.54) is 0 Å². The Hall–Kier alpha value is -7.76. The fourth-order valence-corrected chi connectivity index (χ4v) is 5.84. The van der Waals surface area contributed by atoms with E-state index in [1.807, 2.05) is 0 Å². The summed E-state index contributed by atoms with van der Waals surface area (Å²) in [6, 6.07) is 2.60. The van der Waals surface area contributed by atoms with Crippen LogP contribution in [0.15, 0.2) is 30.3 Å². The Labute approximate surface area is 314 Å². The highest BCUT2D eigenvalue weighted by Crippen LogP contribution is 2.55. The summed E-state index contributed by atoms with van der Waals surface area (Å²) in [6.07, 6.45) is -10.8. The van der Waals surface area contributed by atoms with Gasteiger partial charge in [-0.25, -0.2) is 19.2 Å². The van der Waals surface area contributed by atoms with Gasteiger partial charge in [0, 0.05) is 23.3 Å². The van der Waals surface area contributed by atoms with Crippen molar-refractivity contribution in [2.24, 2.45) is 0 Å². The van der Waals surface area contributed by atoms with Crippen molar-refractivity contribution in [3.63, 3.8) is 0 Å². The molecule has 0 radical (unpaired) electrons. The number of aliphatic hydroxyl groups excluding tert-OH is 2. The minimum Gasteiger partial charge on any atom is -0.504 e. The molecule has 0 spiro atoms. The molecule has 0 saturated carbocycles. The Morgan fingerprint density at radius 2 is 1.19 bits per heavy atom. The molecular formula is C34H26O23. The molecule has 4 aromatic rings. The van der Waals surface area contributed by atoms with Crippen molar-refractivity contribution in [2.45, 2.75) is 30.7 Å². The van der Waals surface area contributed by atoms with E-state index >= 15 is 0 Å². The monoisotopic (exact) mass is 802 g/mol. The van der Waals surface area contributed by atoms with Gasteiger partial charge in [0.15, 0.2) is 70.2 Å². The lowest BCUT2D eigenvalue weighted by atomic mass is 9.91. The van der Waals surface area contributed by atoms with Crippen molar-refractivity contribution in [3.8, 4) is 85.9 Å². The van der Waals surface area contributed by atoms with E-state index in [9.17, 15) is 90.7 Å². The van der Waals surface area contributed by atoms with Crippen molar-refractivity contribution in [3.05, 3.63) is 52.6 Å². The SMILES string of the molecule is O=C(O[C@@H]1[C@@H](O)[C@H](O)O[C@@H]2COC(=O)c3cc(Oc4c(C(=O)O)cc(O)c(O)c4O)c(O)c(O)c3-c3c(cc(O)c(O)c3O)C(=O)O[C@@H]12)c1cc(O)c(O)c(O)c1. The number of carbonyl (C=O) groups is 4. The number of hydrogen-bond donors (Lipinski definition) is 14. The molecule has 4 aromatic carbocycles. The first-order valence-corrected chi connectivity index (χ1v) is 15.6. The quantitative estimate of drug-likeness (QED) is 0.0746. The lowest BCUT2D eigenvalue weighted by Crippen LogP contribution is -2.61. The number of hydrogen-bond acceptors (Lipinski definition) is 22. The van der Waals surface area contributed by atoms with Crippen LogP contribution in [0.25, 0.3) is 11.1 Å². The van der Waals surface area contributed by atoms with Crippen LogP contribution in [-0.2, 0) is 18.9 Å². The van der Waals surface area contributed by atoms with E-state index in [2.05, 4.69) is 0 Å². The minimum atomic E-state index is -2.29. The molecule has 0 bridgehead atoms. The molecule has 2 aliphatic rings. The molecule has 14 N–H and O–H groups in total. The molecule has 6 rings (SSSR count). The van der Waals surface area contributed by atoms with Gasteiger partial charge < -0.3 is 95.2 Å². The topological polar surface area (TPSA) is 398 Å². The van der Waals surface area contributed by atoms with E-state index in [4.69, 9.17) is 23.7 Å². The van der Waals surface area contributed by atoms with Crippen LogP contribution in [0.2, 0.25) is 0 Å². The highest BCUT2D eigenvalue weighted by Gasteiger charge is 2.51. The van der Waals surface area contributed by atoms with Gasteiger partial charge in [-0.15, -0.1) is 0 Å². The fourth-order valence-electron chi connectivity index (χ4n) is 5.84. The molecule has 2 heterocycles. The molecule has 1 saturated heterocycles. The van der Waals surface area contributed by atoms with Gasteiger partial charge in [0.05, 0.1) is 16.7 Å². The Balaban J connectivity index is 1.51. The van der Waals surface area contributed by atoms with Crippen LogP contribution in [0.3, 0.4) is 0 Å².